The van der Waals surface area contributed by atoms with Crippen LogP contribution in [0.3, 0.4) is 0 Å². The smallest absolute Gasteiger partial charge is 0.231 e. The van der Waals surface area contributed by atoms with E-state index in [0.29, 0.717) is 12.7 Å². The molecule has 0 aromatic heterocycles. The molecule has 0 amide bonds. The minimum Gasteiger partial charge on any atom is -0.454 e. The van der Waals surface area contributed by atoms with Crippen LogP contribution < -0.4 is 14.8 Å². The molecule has 3 rings (SSSR count). The molecule has 1 N–H and O–H groups in total. The van der Waals surface area contributed by atoms with Crippen LogP contribution in [0.5, 0.6) is 11.5 Å². The van der Waals surface area contributed by atoms with Gasteiger partial charge in [-0.05, 0) is 43.0 Å². The Balaban J connectivity index is 1.99. The van der Waals surface area contributed by atoms with Gasteiger partial charge in [-0.15, -0.1) is 0 Å². The Morgan fingerprint density at radius 3 is 3.07 bits per heavy atom. The van der Waals surface area contributed by atoms with Crippen LogP contribution in [0.25, 0.3) is 0 Å². The molecule has 1 aromatic carbocycles. The number of ether oxygens (including phenoxy) is 2. The molecule has 15 heavy (non-hydrogen) atoms. The van der Waals surface area contributed by atoms with E-state index in [-0.39, 0.29) is 0 Å². The molecular formula is C12H15NO2. The summed E-state index contributed by atoms with van der Waals surface area (Å²) in [6.07, 6.45) is 1.22. The number of benzene rings is 1. The van der Waals surface area contributed by atoms with E-state index >= 15 is 0 Å². The molecule has 0 radical (unpaired) electrons. The zero-order valence-electron chi connectivity index (χ0n) is 8.88. The van der Waals surface area contributed by atoms with Crippen molar-refractivity contribution in [3.63, 3.8) is 0 Å². The SMILES string of the molecule is Cc1cc(C2CCNC2)cc2c1OCO2. The van der Waals surface area contributed by atoms with Crippen molar-refractivity contribution in [2.45, 2.75) is 19.3 Å². The highest BCUT2D eigenvalue weighted by atomic mass is 16.7. The van der Waals surface area contributed by atoms with Crippen LogP contribution in [-0.4, -0.2) is 19.9 Å². The van der Waals surface area contributed by atoms with E-state index in [1.165, 1.54) is 17.5 Å². The van der Waals surface area contributed by atoms with Crippen LogP contribution >= 0.6 is 0 Å². The molecule has 2 aliphatic heterocycles. The average molecular weight is 205 g/mol. The maximum Gasteiger partial charge on any atom is 0.231 e. The first-order chi connectivity index (χ1) is 7.34. The highest BCUT2D eigenvalue weighted by molar-refractivity contribution is 5.51. The number of rotatable bonds is 1. The van der Waals surface area contributed by atoms with E-state index in [2.05, 4.69) is 24.4 Å². The molecule has 0 saturated carbocycles. The molecule has 2 heterocycles. The van der Waals surface area contributed by atoms with Crippen molar-refractivity contribution in [3.8, 4) is 11.5 Å². The number of hydrogen-bond acceptors (Lipinski definition) is 3. The van der Waals surface area contributed by atoms with Gasteiger partial charge in [-0.25, -0.2) is 0 Å². The van der Waals surface area contributed by atoms with Gasteiger partial charge in [-0.2, -0.15) is 0 Å². The molecule has 3 heteroatoms. The minimum absolute atomic E-state index is 0.364. The Morgan fingerprint density at radius 1 is 1.33 bits per heavy atom. The third kappa shape index (κ3) is 1.47. The fourth-order valence-corrected chi connectivity index (χ4v) is 2.39. The molecular weight excluding hydrogens is 190 g/mol. The lowest BCUT2D eigenvalue weighted by atomic mass is 9.96. The quantitative estimate of drug-likeness (QED) is 0.758. The molecule has 1 saturated heterocycles. The zero-order chi connectivity index (χ0) is 10.3. The predicted molar refractivity (Wildman–Crippen MR) is 57.5 cm³/mol. The summed E-state index contributed by atoms with van der Waals surface area (Å²) in [5, 5.41) is 3.39. The Bertz CT molecular complexity index is 383. The summed E-state index contributed by atoms with van der Waals surface area (Å²) in [6.45, 7) is 4.65. The molecule has 1 aromatic rings. The van der Waals surface area contributed by atoms with E-state index in [9.17, 15) is 0 Å². The summed E-state index contributed by atoms with van der Waals surface area (Å²) in [5.41, 5.74) is 2.56. The lowest BCUT2D eigenvalue weighted by Crippen LogP contribution is -2.08. The van der Waals surface area contributed by atoms with Crippen molar-refractivity contribution in [2.24, 2.45) is 0 Å². The largest absolute Gasteiger partial charge is 0.454 e. The maximum absolute atomic E-state index is 5.44. The van der Waals surface area contributed by atoms with Crippen LogP contribution in [0.4, 0.5) is 0 Å². The van der Waals surface area contributed by atoms with Crippen LogP contribution in [0.15, 0.2) is 12.1 Å². The topological polar surface area (TPSA) is 30.5 Å². The van der Waals surface area contributed by atoms with Gasteiger partial charge in [0.2, 0.25) is 6.79 Å². The van der Waals surface area contributed by atoms with Crippen LogP contribution in [0.2, 0.25) is 0 Å². The van der Waals surface area contributed by atoms with Gasteiger partial charge in [0.05, 0.1) is 0 Å². The first-order valence-electron chi connectivity index (χ1n) is 5.45. The number of hydrogen-bond donors (Lipinski definition) is 1. The number of nitrogens with one attached hydrogen (secondary N) is 1. The van der Waals surface area contributed by atoms with Gasteiger partial charge in [0.15, 0.2) is 11.5 Å². The molecule has 80 valence electrons. The molecule has 1 atom stereocenters. The fourth-order valence-electron chi connectivity index (χ4n) is 2.39. The Hall–Kier alpha value is -1.22. The third-order valence-corrected chi connectivity index (χ3v) is 3.21. The molecule has 0 bridgehead atoms. The molecule has 0 spiro atoms. The Kier molecular flexibility index (Phi) is 2.06. The normalized spacial score (nSPS) is 23.4. The lowest BCUT2D eigenvalue weighted by Gasteiger charge is -2.11. The van der Waals surface area contributed by atoms with E-state index < -0.39 is 0 Å². The zero-order valence-corrected chi connectivity index (χ0v) is 8.88. The van der Waals surface area contributed by atoms with E-state index in [1.54, 1.807) is 0 Å². The molecule has 3 nitrogen and oxygen atoms in total. The molecule has 1 fully saturated rings. The Morgan fingerprint density at radius 2 is 2.27 bits per heavy atom. The highest BCUT2D eigenvalue weighted by Gasteiger charge is 2.22. The van der Waals surface area contributed by atoms with Crippen molar-refractivity contribution >= 4 is 0 Å². The number of fused-ring (bicyclic) bond motifs is 1. The summed E-state index contributed by atoms with van der Waals surface area (Å²) in [5.74, 6) is 2.47. The highest BCUT2D eigenvalue weighted by Crippen LogP contribution is 2.39. The van der Waals surface area contributed by atoms with Crippen molar-refractivity contribution in [3.05, 3.63) is 23.3 Å². The van der Waals surface area contributed by atoms with Gasteiger partial charge in [0.1, 0.15) is 0 Å². The summed E-state index contributed by atoms with van der Waals surface area (Å²) >= 11 is 0. The monoisotopic (exact) mass is 205 g/mol. The standard InChI is InChI=1S/C12H15NO2/c1-8-4-10(9-2-3-13-6-9)5-11-12(8)15-7-14-11/h4-5,9,13H,2-3,6-7H2,1H3. The van der Waals surface area contributed by atoms with Gasteiger partial charge in [-0.3, -0.25) is 0 Å². The van der Waals surface area contributed by atoms with Crippen LogP contribution in [0.1, 0.15) is 23.5 Å². The van der Waals surface area contributed by atoms with Crippen molar-refractivity contribution in [1.29, 1.82) is 0 Å². The third-order valence-electron chi connectivity index (χ3n) is 3.21. The summed E-state index contributed by atoms with van der Waals surface area (Å²) in [6, 6.07) is 4.36. The van der Waals surface area contributed by atoms with Gasteiger partial charge in [-0.1, -0.05) is 6.07 Å². The fraction of sp³-hybridized carbons (Fsp3) is 0.500. The van der Waals surface area contributed by atoms with E-state index in [0.717, 1.165) is 24.6 Å². The molecule has 0 aliphatic carbocycles. The van der Waals surface area contributed by atoms with Gasteiger partial charge in [0.25, 0.3) is 0 Å². The van der Waals surface area contributed by atoms with E-state index in [4.69, 9.17) is 9.47 Å². The average Bonchev–Trinajstić information content (AvgIpc) is 2.88. The molecule has 1 unspecified atom stereocenters. The second-order valence-electron chi connectivity index (χ2n) is 4.26. The van der Waals surface area contributed by atoms with Gasteiger partial charge >= 0.3 is 0 Å². The summed E-state index contributed by atoms with van der Waals surface area (Å²) in [4.78, 5) is 0. The maximum atomic E-state index is 5.44. The van der Waals surface area contributed by atoms with Crippen molar-refractivity contribution in [1.82, 2.24) is 5.32 Å². The van der Waals surface area contributed by atoms with Crippen molar-refractivity contribution < 1.29 is 9.47 Å². The van der Waals surface area contributed by atoms with Gasteiger partial charge < -0.3 is 14.8 Å². The second-order valence-corrected chi connectivity index (χ2v) is 4.26. The first kappa shape index (κ1) is 9.04. The van der Waals surface area contributed by atoms with Crippen LogP contribution in [-0.2, 0) is 0 Å². The summed E-state index contributed by atoms with van der Waals surface area (Å²) in [7, 11) is 0. The minimum atomic E-state index is 0.364. The van der Waals surface area contributed by atoms with Crippen LogP contribution in [0, 0.1) is 6.92 Å². The molecule has 2 aliphatic rings. The second kappa shape index (κ2) is 3.42. The lowest BCUT2D eigenvalue weighted by molar-refractivity contribution is 0.173. The van der Waals surface area contributed by atoms with Crippen molar-refractivity contribution in [2.75, 3.05) is 19.9 Å². The number of aryl methyl sites for hydroxylation is 1. The van der Waals surface area contributed by atoms with Gasteiger partial charge in [0, 0.05) is 6.54 Å². The Labute approximate surface area is 89.4 Å². The summed E-state index contributed by atoms with van der Waals surface area (Å²) < 4.78 is 10.8. The predicted octanol–water partition coefficient (Wildman–Crippen LogP) is 1.80. The first-order valence-corrected chi connectivity index (χ1v) is 5.45. The van der Waals surface area contributed by atoms with E-state index in [1.807, 2.05) is 0 Å².